The van der Waals surface area contributed by atoms with E-state index in [1.54, 1.807) is 12.5 Å². The number of hydrogen-bond acceptors (Lipinski definition) is 7. The van der Waals surface area contributed by atoms with Crippen LogP contribution >= 0.6 is 0 Å². The number of fused-ring (bicyclic) bond motifs is 1. The highest BCUT2D eigenvalue weighted by Crippen LogP contribution is 2.31. The molecular formula is C29H37N7O2. The number of amides is 1. The second-order valence-corrected chi connectivity index (χ2v) is 11.6. The maximum absolute atomic E-state index is 14.0. The molecule has 1 aliphatic rings. The van der Waals surface area contributed by atoms with Gasteiger partial charge in [0.25, 0.3) is 5.91 Å². The Labute approximate surface area is 223 Å². The van der Waals surface area contributed by atoms with E-state index in [0.717, 1.165) is 45.9 Å². The minimum atomic E-state index is -0.181. The predicted molar refractivity (Wildman–Crippen MR) is 147 cm³/mol. The minimum absolute atomic E-state index is 0.0496. The number of piperazine rings is 1. The monoisotopic (exact) mass is 515 g/mol. The molecule has 4 heterocycles. The lowest BCUT2D eigenvalue weighted by molar-refractivity contribution is 0.0286. The summed E-state index contributed by atoms with van der Waals surface area (Å²) in [6, 6.07) is 6.20. The standard InChI is InChI=1S/C29H37N7O2/c1-17-11-25-23(26(33-34(25)8)24-9-10-30-28(32-24)29(5,6)7)12-22(17)27(37)36-14-18(2)35(13-19(36)3)15-21-16-38-20(4)31-21/h9-12,16,18-19H,13-15H2,1-8H3. The van der Waals surface area contributed by atoms with E-state index in [1.165, 1.54) is 0 Å². The quantitative estimate of drug-likeness (QED) is 0.390. The zero-order valence-corrected chi connectivity index (χ0v) is 23.6. The Bertz CT molecular complexity index is 1500. The average Bonchev–Trinajstić information content (AvgIpc) is 3.42. The van der Waals surface area contributed by atoms with Crippen molar-refractivity contribution in [3.63, 3.8) is 0 Å². The van der Waals surface area contributed by atoms with E-state index in [9.17, 15) is 4.79 Å². The van der Waals surface area contributed by atoms with Gasteiger partial charge in [-0.15, -0.1) is 0 Å². The number of carbonyl (C=O) groups excluding carboxylic acids is 1. The van der Waals surface area contributed by atoms with Gasteiger partial charge in [0, 0.05) is 68.3 Å². The van der Waals surface area contributed by atoms with Gasteiger partial charge in [0.2, 0.25) is 0 Å². The number of nitrogens with zero attached hydrogens (tertiary/aromatic N) is 7. The van der Waals surface area contributed by atoms with Crippen LogP contribution in [-0.2, 0) is 19.0 Å². The van der Waals surface area contributed by atoms with Crippen molar-refractivity contribution in [3.8, 4) is 11.4 Å². The summed E-state index contributed by atoms with van der Waals surface area (Å²) >= 11 is 0. The van der Waals surface area contributed by atoms with E-state index in [1.807, 2.05) is 42.6 Å². The van der Waals surface area contributed by atoms with Crippen LogP contribution in [-0.4, -0.2) is 65.6 Å². The largest absolute Gasteiger partial charge is 0.449 e. The number of carbonyl (C=O) groups is 1. The fourth-order valence-electron chi connectivity index (χ4n) is 5.22. The second kappa shape index (κ2) is 9.62. The summed E-state index contributed by atoms with van der Waals surface area (Å²) in [6.45, 7) is 16.5. The smallest absolute Gasteiger partial charge is 0.254 e. The Morgan fingerprint density at radius 1 is 1.11 bits per heavy atom. The van der Waals surface area contributed by atoms with Gasteiger partial charge < -0.3 is 9.32 Å². The molecule has 5 rings (SSSR count). The average molecular weight is 516 g/mol. The van der Waals surface area contributed by atoms with Crippen LogP contribution in [0.5, 0.6) is 0 Å². The number of aromatic nitrogens is 5. The predicted octanol–water partition coefficient (Wildman–Crippen LogP) is 4.67. The summed E-state index contributed by atoms with van der Waals surface area (Å²) in [5.74, 6) is 1.49. The Morgan fingerprint density at radius 3 is 2.55 bits per heavy atom. The van der Waals surface area contributed by atoms with Crippen molar-refractivity contribution >= 4 is 16.8 Å². The Kier molecular flexibility index (Phi) is 6.59. The molecule has 0 N–H and O–H groups in total. The highest BCUT2D eigenvalue weighted by atomic mass is 16.3. The third-order valence-electron chi connectivity index (χ3n) is 7.40. The van der Waals surface area contributed by atoms with Gasteiger partial charge in [-0.3, -0.25) is 14.4 Å². The number of rotatable bonds is 4. The van der Waals surface area contributed by atoms with Gasteiger partial charge in [-0.05, 0) is 44.5 Å². The van der Waals surface area contributed by atoms with Crippen LogP contribution in [0.1, 0.15) is 67.9 Å². The molecule has 9 nitrogen and oxygen atoms in total. The topological polar surface area (TPSA) is 93.2 Å². The highest BCUT2D eigenvalue weighted by Gasteiger charge is 2.33. The van der Waals surface area contributed by atoms with Crippen LogP contribution in [0.2, 0.25) is 0 Å². The van der Waals surface area contributed by atoms with Crippen molar-refractivity contribution in [2.45, 2.75) is 72.5 Å². The summed E-state index contributed by atoms with van der Waals surface area (Å²) < 4.78 is 7.24. The summed E-state index contributed by atoms with van der Waals surface area (Å²) in [7, 11) is 1.93. The molecule has 4 aromatic rings. The van der Waals surface area contributed by atoms with Gasteiger partial charge in [0.15, 0.2) is 5.89 Å². The van der Waals surface area contributed by atoms with E-state index < -0.39 is 0 Å². The van der Waals surface area contributed by atoms with Crippen molar-refractivity contribution < 1.29 is 9.21 Å². The van der Waals surface area contributed by atoms with E-state index in [0.29, 0.717) is 24.5 Å². The van der Waals surface area contributed by atoms with Crippen LogP contribution in [0.15, 0.2) is 35.1 Å². The van der Waals surface area contributed by atoms with Gasteiger partial charge >= 0.3 is 0 Å². The molecule has 3 aromatic heterocycles. The molecule has 0 bridgehead atoms. The minimum Gasteiger partial charge on any atom is -0.449 e. The first-order valence-corrected chi connectivity index (χ1v) is 13.2. The lowest BCUT2D eigenvalue weighted by Crippen LogP contribution is -2.57. The van der Waals surface area contributed by atoms with Crippen molar-refractivity contribution in [2.24, 2.45) is 7.05 Å². The van der Waals surface area contributed by atoms with Crippen molar-refractivity contribution in [3.05, 3.63) is 59.2 Å². The van der Waals surface area contributed by atoms with Crippen LogP contribution in [0, 0.1) is 13.8 Å². The highest BCUT2D eigenvalue weighted by molar-refractivity contribution is 6.03. The third kappa shape index (κ3) is 4.82. The molecule has 1 saturated heterocycles. The molecule has 0 radical (unpaired) electrons. The van der Waals surface area contributed by atoms with Crippen LogP contribution in [0.25, 0.3) is 22.3 Å². The first-order chi connectivity index (χ1) is 17.9. The van der Waals surface area contributed by atoms with E-state index in [2.05, 4.69) is 55.6 Å². The fraction of sp³-hybridized carbons (Fsp3) is 0.483. The number of benzene rings is 1. The number of hydrogen-bond donors (Lipinski definition) is 0. The number of oxazole rings is 1. The van der Waals surface area contributed by atoms with Crippen molar-refractivity contribution in [1.82, 2.24) is 34.5 Å². The summed E-state index contributed by atoms with van der Waals surface area (Å²) in [5, 5.41) is 5.71. The van der Waals surface area contributed by atoms with Gasteiger partial charge in [0.1, 0.15) is 17.8 Å². The van der Waals surface area contributed by atoms with Crippen molar-refractivity contribution in [1.29, 1.82) is 0 Å². The normalized spacial score (nSPS) is 18.9. The van der Waals surface area contributed by atoms with Crippen LogP contribution in [0.3, 0.4) is 0 Å². The molecule has 2 atom stereocenters. The zero-order valence-electron chi connectivity index (χ0n) is 23.6. The van der Waals surface area contributed by atoms with Gasteiger partial charge in [0.05, 0.1) is 16.9 Å². The molecule has 0 saturated carbocycles. The molecule has 1 fully saturated rings. The summed E-state index contributed by atoms with van der Waals surface area (Å²) in [6.07, 6.45) is 3.50. The molecular weight excluding hydrogens is 478 g/mol. The first-order valence-electron chi connectivity index (χ1n) is 13.2. The summed E-state index contributed by atoms with van der Waals surface area (Å²) in [4.78, 5) is 32.1. The first kappa shape index (κ1) is 26.0. The Morgan fingerprint density at radius 2 is 1.87 bits per heavy atom. The molecule has 0 aliphatic carbocycles. The fourth-order valence-corrected chi connectivity index (χ4v) is 5.22. The Balaban J connectivity index is 1.46. The Hall–Kier alpha value is -3.59. The maximum Gasteiger partial charge on any atom is 0.254 e. The zero-order chi connectivity index (χ0) is 27.4. The van der Waals surface area contributed by atoms with E-state index in [4.69, 9.17) is 14.5 Å². The van der Waals surface area contributed by atoms with E-state index >= 15 is 0 Å². The number of aryl methyl sites for hydroxylation is 3. The second-order valence-electron chi connectivity index (χ2n) is 11.6. The maximum atomic E-state index is 14.0. The van der Waals surface area contributed by atoms with Gasteiger partial charge in [-0.1, -0.05) is 20.8 Å². The molecule has 200 valence electrons. The SMILES string of the molecule is Cc1nc(CN2CC(C)N(C(=O)c3cc4c(-c5ccnc(C(C)(C)C)n5)nn(C)c4cc3C)CC2C)co1. The lowest BCUT2D eigenvalue weighted by Gasteiger charge is -2.44. The van der Waals surface area contributed by atoms with E-state index in [-0.39, 0.29) is 23.4 Å². The molecule has 38 heavy (non-hydrogen) atoms. The molecule has 1 aromatic carbocycles. The summed E-state index contributed by atoms with van der Waals surface area (Å²) in [5.41, 5.74) is 4.88. The molecule has 9 heteroatoms. The molecule has 2 unspecified atom stereocenters. The molecule has 0 spiro atoms. The van der Waals surface area contributed by atoms with Crippen LogP contribution in [0.4, 0.5) is 0 Å². The lowest BCUT2D eigenvalue weighted by atomic mass is 9.95. The molecule has 1 aliphatic heterocycles. The molecule has 1 amide bonds. The van der Waals surface area contributed by atoms with Crippen molar-refractivity contribution in [2.75, 3.05) is 13.1 Å². The van der Waals surface area contributed by atoms with Gasteiger partial charge in [-0.25, -0.2) is 15.0 Å². The third-order valence-corrected chi connectivity index (χ3v) is 7.40. The van der Waals surface area contributed by atoms with Crippen LogP contribution < -0.4 is 0 Å². The van der Waals surface area contributed by atoms with Gasteiger partial charge in [-0.2, -0.15) is 5.10 Å².